The van der Waals surface area contributed by atoms with E-state index in [-0.39, 0.29) is 24.0 Å². The molecule has 0 radical (unpaired) electrons. The van der Waals surface area contributed by atoms with Gasteiger partial charge in [0.05, 0.1) is 21.4 Å². The van der Waals surface area contributed by atoms with Crippen LogP contribution in [0.1, 0.15) is 65.0 Å². The summed E-state index contributed by atoms with van der Waals surface area (Å²) in [6.45, 7) is 1.66. The van der Waals surface area contributed by atoms with E-state index in [1.807, 2.05) is 47.2 Å². The van der Waals surface area contributed by atoms with Gasteiger partial charge in [-0.05, 0) is 91.8 Å². The Morgan fingerprint density at radius 2 is 1.76 bits per heavy atom. The number of aliphatic hydroxyl groups is 2. The van der Waals surface area contributed by atoms with E-state index in [2.05, 4.69) is 32.4 Å². The number of esters is 1. The van der Waals surface area contributed by atoms with Gasteiger partial charge >= 0.3 is 5.97 Å². The van der Waals surface area contributed by atoms with Gasteiger partial charge < -0.3 is 39.8 Å². The summed E-state index contributed by atoms with van der Waals surface area (Å²) in [6.07, 6.45) is 3.75. The number of aliphatic hydroxyl groups excluding tert-OH is 1. The van der Waals surface area contributed by atoms with Crippen molar-refractivity contribution in [2.75, 3.05) is 20.1 Å². The first kappa shape index (κ1) is 37.6. The molecule has 14 heteroatoms. The quantitative estimate of drug-likeness (QED) is 0.0789. The van der Waals surface area contributed by atoms with E-state index >= 15 is 0 Å². The van der Waals surface area contributed by atoms with Gasteiger partial charge in [0.2, 0.25) is 22.9 Å². The fraction of sp³-hybridized carbons (Fsp3) is 0.350. The lowest BCUT2D eigenvalue weighted by molar-refractivity contribution is -0.169. The van der Waals surface area contributed by atoms with Crippen LogP contribution in [-0.2, 0) is 28.1 Å². The third kappa shape index (κ3) is 8.33. The summed E-state index contributed by atoms with van der Waals surface area (Å²) in [4.78, 5) is 35.8. The van der Waals surface area contributed by atoms with Crippen LogP contribution in [0.15, 0.2) is 92.9 Å². The summed E-state index contributed by atoms with van der Waals surface area (Å²) < 4.78 is 11.5. The van der Waals surface area contributed by atoms with E-state index in [4.69, 9.17) is 9.26 Å². The number of phenolic OH excluding ortho intramolecular Hbond substituents is 1. The van der Waals surface area contributed by atoms with Crippen molar-refractivity contribution in [1.29, 1.82) is 0 Å². The highest BCUT2D eigenvalue weighted by atomic mass is 32.1. The van der Waals surface area contributed by atoms with Crippen molar-refractivity contribution in [1.82, 2.24) is 25.3 Å². The SMILES string of the molecule is CN(CCCc1nc(-c2ccc(CNC[C@@H](O)c3ccc(O)c4[nH]c(=O)ccc34)cc2)no1)C1CCC(OC(=O)C(O)(c2cccs2)c2cccs2)CC1. The predicted molar refractivity (Wildman–Crippen MR) is 207 cm³/mol. The van der Waals surface area contributed by atoms with Crippen LogP contribution in [0.2, 0.25) is 0 Å². The molecule has 4 heterocycles. The van der Waals surface area contributed by atoms with Crippen molar-refractivity contribution in [2.45, 2.75) is 68.9 Å². The molecule has 282 valence electrons. The Hall–Kier alpha value is -4.70. The number of aromatic hydroxyl groups is 1. The highest BCUT2D eigenvalue weighted by Gasteiger charge is 2.45. The maximum Gasteiger partial charge on any atom is 0.349 e. The van der Waals surface area contributed by atoms with Gasteiger partial charge in [0.25, 0.3) is 0 Å². The molecule has 0 amide bonds. The van der Waals surface area contributed by atoms with Crippen LogP contribution in [0.4, 0.5) is 0 Å². The Morgan fingerprint density at radius 3 is 2.44 bits per heavy atom. The first-order valence-electron chi connectivity index (χ1n) is 18.1. The number of carbonyl (C=O) groups is 1. The van der Waals surface area contributed by atoms with Gasteiger partial charge in [-0.2, -0.15) is 4.98 Å². The van der Waals surface area contributed by atoms with Crippen molar-refractivity contribution in [2.24, 2.45) is 0 Å². The number of pyridine rings is 1. The van der Waals surface area contributed by atoms with Crippen LogP contribution < -0.4 is 10.9 Å². The second-order valence-electron chi connectivity index (χ2n) is 13.7. The van der Waals surface area contributed by atoms with Crippen molar-refractivity contribution in [3.8, 4) is 17.1 Å². The molecule has 0 saturated heterocycles. The normalized spacial score (nSPS) is 16.9. The Bertz CT molecular complexity index is 2160. The number of carbonyl (C=O) groups excluding carboxylic acids is 1. The molecule has 1 fully saturated rings. The minimum absolute atomic E-state index is 0.0442. The number of phenols is 1. The van der Waals surface area contributed by atoms with Crippen LogP contribution in [0.3, 0.4) is 0 Å². The minimum Gasteiger partial charge on any atom is -0.506 e. The molecule has 1 saturated carbocycles. The van der Waals surface area contributed by atoms with Crippen molar-refractivity contribution in [3.63, 3.8) is 0 Å². The van der Waals surface area contributed by atoms with E-state index in [9.17, 15) is 24.9 Å². The molecular formula is C40H43N5O7S2. The van der Waals surface area contributed by atoms with Gasteiger partial charge in [-0.1, -0.05) is 47.6 Å². The molecule has 4 aromatic heterocycles. The average Bonchev–Trinajstić information content (AvgIpc) is 4.00. The summed E-state index contributed by atoms with van der Waals surface area (Å²) >= 11 is 2.69. The molecule has 2 aromatic carbocycles. The molecule has 1 aliphatic rings. The Morgan fingerprint density at radius 1 is 1.04 bits per heavy atom. The largest absolute Gasteiger partial charge is 0.506 e. The average molecular weight is 770 g/mol. The Balaban J connectivity index is 0.832. The summed E-state index contributed by atoms with van der Waals surface area (Å²) in [5.74, 6) is 0.468. The van der Waals surface area contributed by atoms with Crippen molar-refractivity contribution in [3.05, 3.63) is 121 Å². The van der Waals surface area contributed by atoms with E-state index in [1.54, 1.807) is 24.3 Å². The number of hydrogen-bond donors (Lipinski definition) is 5. The van der Waals surface area contributed by atoms with Crippen molar-refractivity contribution >= 4 is 39.5 Å². The topological polar surface area (TPSA) is 174 Å². The fourth-order valence-corrected chi connectivity index (χ4v) is 8.77. The molecule has 6 aromatic rings. The number of aromatic nitrogens is 3. The first-order chi connectivity index (χ1) is 26.2. The summed E-state index contributed by atoms with van der Waals surface area (Å²) in [5, 5.41) is 44.3. The number of nitrogens with zero attached hydrogens (tertiary/aromatic N) is 3. The number of aromatic amines is 1. The van der Waals surface area contributed by atoms with Crippen LogP contribution >= 0.6 is 22.7 Å². The van der Waals surface area contributed by atoms with E-state index in [1.165, 1.54) is 34.8 Å². The summed E-state index contributed by atoms with van der Waals surface area (Å²) in [6, 6.07) is 21.5. The molecule has 5 N–H and O–H groups in total. The summed E-state index contributed by atoms with van der Waals surface area (Å²) in [7, 11) is 2.12. The number of aryl methyl sites for hydroxylation is 1. The number of rotatable bonds is 15. The number of hydrogen-bond acceptors (Lipinski definition) is 13. The molecule has 7 rings (SSSR count). The molecular weight excluding hydrogens is 727 g/mol. The molecule has 12 nitrogen and oxygen atoms in total. The number of ether oxygens (including phenoxy) is 1. The van der Waals surface area contributed by atoms with Crippen LogP contribution in [0.5, 0.6) is 5.75 Å². The zero-order valence-electron chi connectivity index (χ0n) is 29.8. The molecule has 0 spiro atoms. The Kier molecular flexibility index (Phi) is 11.7. The van der Waals surface area contributed by atoms with Gasteiger partial charge in [-0.15, -0.1) is 22.7 Å². The van der Waals surface area contributed by atoms with Crippen molar-refractivity contribution < 1.29 is 29.4 Å². The molecule has 0 aliphatic heterocycles. The molecule has 1 aliphatic carbocycles. The van der Waals surface area contributed by atoms with E-state index < -0.39 is 17.7 Å². The van der Waals surface area contributed by atoms with Gasteiger partial charge in [0.15, 0.2) is 0 Å². The maximum absolute atomic E-state index is 13.4. The lowest BCUT2D eigenvalue weighted by Gasteiger charge is -2.35. The standard InChI is InChI=1S/C40H43N5O7S2/c1-45(27-12-14-28(15-13-27)51-39(49)40(50,33-5-3-21-53-33)34-6-4-22-54-34)20-2-7-36-43-38(44-52-36)26-10-8-25(9-11-26)23-41-24-32(47)29-16-18-31(46)37-30(29)17-19-35(48)42-37/h3-6,8-11,16-19,21-22,27-28,32,41,46-47,50H,2,7,12-15,20,23-24H2,1H3,(H,42,48)/t27?,28?,32-/m1/s1. The lowest BCUT2D eigenvalue weighted by atomic mass is 9.91. The monoisotopic (exact) mass is 769 g/mol. The molecule has 0 unspecified atom stereocenters. The number of thiophene rings is 2. The number of fused-ring (bicyclic) bond motifs is 1. The third-order valence-electron chi connectivity index (χ3n) is 10.1. The molecule has 0 bridgehead atoms. The number of nitrogens with one attached hydrogen (secondary N) is 2. The van der Waals surface area contributed by atoms with E-state index in [0.717, 1.165) is 49.8 Å². The first-order valence-corrected chi connectivity index (χ1v) is 19.8. The third-order valence-corrected chi connectivity index (χ3v) is 12.1. The molecule has 54 heavy (non-hydrogen) atoms. The van der Waals surface area contributed by atoms with Gasteiger partial charge in [0, 0.05) is 42.6 Å². The van der Waals surface area contributed by atoms with Gasteiger partial charge in [-0.25, -0.2) is 4.79 Å². The predicted octanol–water partition coefficient (Wildman–Crippen LogP) is 5.88. The summed E-state index contributed by atoms with van der Waals surface area (Å²) in [5.41, 5.74) is 0.673. The highest BCUT2D eigenvalue weighted by molar-refractivity contribution is 7.12. The Labute approximate surface area is 320 Å². The van der Waals surface area contributed by atoms with Crippen LogP contribution in [-0.4, -0.2) is 73.6 Å². The van der Waals surface area contributed by atoms with Crippen LogP contribution in [0, 0.1) is 0 Å². The zero-order valence-corrected chi connectivity index (χ0v) is 31.4. The zero-order chi connectivity index (χ0) is 37.7. The number of H-pyrrole nitrogens is 1. The highest BCUT2D eigenvalue weighted by Crippen LogP contribution is 2.38. The van der Waals surface area contributed by atoms with Crippen LogP contribution in [0.25, 0.3) is 22.3 Å². The minimum atomic E-state index is -1.78. The van der Waals surface area contributed by atoms with Gasteiger partial charge in [0.1, 0.15) is 11.9 Å². The number of benzene rings is 2. The molecule has 1 atom stereocenters. The fourth-order valence-electron chi connectivity index (χ4n) is 7.05. The second-order valence-corrected chi connectivity index (χ2v) is 15.6. The maximum atomic E-state index is 13.4. The van der Waals surface area contributed by atoms with Gasteiger partial charge in [-0.3, -0.25) is 4.79 Å². The smallest absolute Gasteiger partial charge is 0.349 e. The van der Waals surface area contributed by atoms with E-state index in [0.29, 0.717) is 56.9 Å². The second kappa shape index (κ2) is 16.8. The lowest BCUT2D eigenvalue weighted by Crippen LogP contribution is -2.42.